The second kappa shape index (κ2) is 6.21. The van der Waals surface area contributed by atoms with Gasteiger partial charge in [0.05, 0.1) is 6.61 Å². The van der Waals surface area contributed by atoms with Crippen LogP contribution in [0.3, 0.4) is 0 Å². The Morgan fingerprint density at radius 2 is 1.37 bits per heavy atom. The van der Waals surface area contributed by atoms with Gasteiger partial charge in [0.2, 0.25) is 8.32 Å². The molecule has 0 rings (SSSR count). The molecule has 0 aliphatic rings. The molecule has 19 heavy (non-hydrogen) atoms. The van der Waals surface area contributed by atoms with E-state index in [1.54, 1.807) is 0 Å². The summed E-state index contributed by atoms with van der Waals surface area (Å²) in [6.07, 6.45) is 0. The zero-order valence-corrected chi connectivity index (χ0v) is 17.0. The molecule has 0 aliphatic heterocycles. The molecule has 0 saturated carbocycles. The smallest absolute Gasteiger partial charge is 0.311 e. The normalized spacial score (nSPS) is 15.5. The lowest BCUT2D eigenvalue weighted by atomic mass is 10.3. The number of hydrogen-bond donors (Lipinski definition) is 1. The lowest BCUT2D eigenvalue weighted by Gasteiger charge is -2.47. The predicted octanol–water partition coefficient (Wildman–Crippen LogP) is 2.70. The number of hydrogen-bond acceptors (Lipinski definition) is 4. The molecule has 0 saturated heterocycles. The van der Waals surface area contributed by atoms with Crippen LogP contribution in [-0.4, -0.2) is 52.7 Å². The summed E-state index contributed by atoms with van der Waals surface area (Å²) in [5.41, 5.74) is 0. The van der Waals surface area contributed by atoms with Crippen molar-refractivity contribution in [1.29, 1.82) is 0 Å². The Balaban J connectivity index is 5.34. The number of nitrogens with zero attached hydrogens (tertiary/aromatic N) is 1. The van der Waals surface area contributed by atoms with Gasteiger partial charge in [0.25, 0.3) is 0 Å². The summed E-state index contributed by atoms with van der Waals surface area (Å²) in [5, 5.41) is 9.71. The first-order valence-electron chi connectivity index (χ1n) is 6.83. The Labute approximate surface area is 121 Å². The molecule has 0 fully saturated rings. The summed E-state index contributed by atoms with van der Waals surface area (Å²) in [6.45, 7) is 19.1. The highest BCUT2D eigenvalue weighted by molar-refractivity contribution is 6.89. The van der Waals surface area contributed by atoms with E-state index in [1.807, 2.05) is 19.6 Å². The van der Waals surface area contributed by atoms with E-state index in [4.69, 9.17) is 4.43 Å². The predicted molar refractivity (Wildman–Crippen MR) is 88.8 cm³/mol. The van der Waals surface area contributed by atoms with E-state index in [0.29, 0.717) is 0 Å². The second-order valence-corrected chi connectivity index (χ2v) is 22.5. The molecule has 0 aromatic heterocycles. The minimum atomic E-state index is -1.92. The summed E-state index contributed by atoms with van der Waals surface area (Å²) >= 11 is 0. The Morgan fingerprint density at radius 1 is 1.00 bits per heavy atom. The van der Waals surface area contributed by atoms with Crippen LogP contribution in [0.2, 0.25) is 58.9 Å². The maximum atomic E-state index is 12.4. The molecular weight excluding hydrogens is 290 g/mol. The van der Waals surface area contributed by atoms with Crippen molar-refractivity contribution >= 4 is 30.8 Å². The average molecular weight is 322 g/mol. The van der Waals surface area contributed by atoms with Gasteiger partial charge < -0.3 is 13.8 Å². The maximum absolute atomic E-state index is 12.4. The van der Waals surface area contributed by atoms with E-state index in [9.17, 15) is 9.90 Å². The van der Waals surface area contributed by atoms with Crippen LogP contribution in [-0.2, 0) is 9.22 Å². The number of rotatable bonds is 6. The van der Waals surface area contributed by atoms with E-state index < -0.39 is 30.8 Å². The van der Waals surface area contributed by atoms with Crippen molar-refractivity contribution < 1.29 is 14.3 Å². The summed E-state index contributed by atoms with van der Waals surface area (Å²) in [6, 6.07) is -0.495. The van der Waals surface area contributed by atoms with Crippen molar-refractivity contribution in [3.8, 4) is 0 Å². The molecule has 0 heterocycles. The molecule has 7 heteroatoms. The van der Waals surface area contributed by atoms with E-state index in [2.05, 4.69) is 43.5 Å². The van der Waals surface area contributed by atoms with E-state index in [-0.39, 0.29) is 12.6 Å². The first-order valence-corrected chi connectivity index (χ1v) is 17.1. The largest absolute Gasteiger partial charge is 0.519 e. The van der Waals surface area contributed by atoms with Crippen molar-refractivity contribution in [1.82, 2.24) is 4.23 Å². The monoisotopic (exact) mass is 321 g/mol. The van der Waals surface area contributed by atoms with Crippen molar-refractivity contribution in [2.24, 2.45) is 0 Å². The molecule has 0 aliphatic carbocycles. The summed E-state index contributed by atoms with van der Waals surface area (Å²) in [4.78, 5) is 12.4. The first kappa shape index (κ1) is 19.0. The van der Waals surface area contributed by atoms with Gasteiger partial charge in [-0.05, 0) is 19.6 Å². The Kier molecular flexibility index (Phi) is 6.23. The summed E-state index contributed by atoms with van der Waals surface area (Å²) in [5.74, 6) is -0.244. The van der Waals surface area contributed by atoms with Crippen LogP contribution in [0.1, 0.15) is 0 Å². The highest BCUT2D eigenvalue weighted by Gasteiger charge is 2.43. The average Bonchev–Trinajstić information content (AvgIpc) is 2.05. The number of aliphatic hydroxyl groups is 1. The van der Waals surface area contributed by atoms with Crippen molar-refractivity contribution in [3.63, 3.8) is 0 Å². The Morgan fingerprint density at radius 3 is 1.58 bits per heavy atom. The van der Waals surface area contributed by atoms with Gasteiger partial charge in [0.1, 0.15) is 22.5 Å². The third-order valence-corrected chi connectivity index (χ3v) is 11.0. The number of aliphatic hydroxyl groups excluding tert-OH is 1. The highest BCUT2D eigenvalue weighted by atomic mass is 28.4. The molecule has 0 spiro atoms. The standard InChI is InChI=1S/C12H31NO3Si3/c1-17(2,3)13(18(4,5)6)11(10-14)12(15)16-19(7,8)9/h11,14H,10H2,1-9H3/t11-/m0/s1. The van der Waals surface area contributed by atoms with Gasteiger partial charge in [0.15, 0.2) is 0 Å². The minimum Gasteiger partial charge on any atom is -0.519 e. The topological polar surface area (TPSA) is 49.8 Å². The molecule has 0 amide bonds. The summed E-state index contributed by atoms with van der Waals surface area (Å²) in [7, 11) is -5.31. The highest BCUT2D eigenvalue weighted by Crippen LogP contribution is 2.24. The lowest BCUT2D eigenvalue weighted by molar-refractivity contribution is -0.139. The molecule has 0 bridgehead atoms. The van der Waals surface area contributed by atoms with Crippen LogP contribution in [0.5, 0.6) is 0 Å². The van der Waals surface area contributed by atoms with Crippen LogP contribution >= 0.6 is 0 Å². The number of carbonyl (C=O) groups is 1. The summed E-state index contributed by atoms with van der Waals surface area (Å²) < 4.78 is 7.91. The van der Waals surface area contributed by atoms with Gasteiger partial charge in [0, 0.05) is 0 Å². The molecule has 1 N–H and O–H groups in total. The minimum absolute atomic E-state index is 0.155. The van der Waals surface area contributed by atoms with E-state index in [0.717, 1.165) is 0 Å². The van der Waals surface area contributed by atoms with Gasteiger partial charge in [-0.25, -0.2) is 0 Å². The SMILES string of the molecule is C[Si](C)(C)OC(=O)[C@H](CO)N([Si](C)(C)C)[Si](C)(C)C. The Bertz CT molecular complexity index is 302. The third kappa shape index (κ3) is 6.35. The van der Waals surface area contributed by atoms with Gasteiger partial charge in [-0.15, -0.1) is 0 Å². The van der Waals surface area contributed by atoms with Crippen LogP contribution in [0.25, 0.3) is 0 Å². The third-order valence-electron chi connectivity index (χ3n) is 2.61. The zero-order valence-electron chi connectivity index (χ0n) is 14.0. The van der Waals surface area contributed by atoms with Gasteiger partial charge >= 0.3 is 5.97 Å². The molecule has 0 aromatic rings. The van der Waals surface area contributed by atoms with Crippen LogP contribution in [0.15, 0.2) is 0 Å². The first-order chi connectivity index (χ1) is 8.20. The zero-order chi connectivity index (χ0) is 15.6. The fourth-order valence-electron chi connectivity index (χ4n) is 2.57. The van der Waals surface area contributed by atoms with Gasteiger partial charge in [-0.2, -0.15) is 0 Å². The van der Waals surface area contributed by atoms with Crippen LogP contribution < -0.4 is 0 Å². The van der Waals surface area contributed by atoms with Gasteiger partial charge in [-0.3, -0.25) is 4.79 Å². The fraction of sp³-hybridized carbons (Fsp3) is 0.917. The van der Waals surface area contributed by atoms with E-state index in [1.165, 1.54) is 0 Å². The molecule has 0 radical (unpaired) electrons. The van der Waals surface area contributed by atoms with Crippen molar-refractivity contribution in [2.75, 3.05) is 6.61 Å². The van der Waals surface area contributed by atoms with Crippen molar-refractivity contribution in [3.05, 3.63) is 0 Å². The molecular formula is C12H31NO3Si3. The van der Waals surface area contributed by atoms with Crippen molar-refractivity contribution in [2.45, 2.75) is 65.0 Å². The molecule has 0 unspecified atom stereocenters. The quantitative estimate of drug-likeness (QED) is 0.764. The van der Waals surface area contributed by atoms with Crippen LogP contribution in [0, 0.1) is 0 Å². The fourth-order valence-corrected chi connectivity index (χ4v) is 13.6. The second-order valence-electron chi connectivity index (χ2n) is 7.94. The van der Waals surface area contributed by atoms with Gasteiger partial charge in [-0.1, -0.05) is 39.3 Å². The lowest BCUT2D eigenvalue weighted by Crippen LogP contribution is -2.66. The molecule has 0 aromatic carbocycles. The molecule has 1 atom stereocenters. The number of carbonyl (C=O) groups excluding carboxylic acids is 1. The maximum Gasteiger partial charge on any atom is 0.311 e. The Hall–Kier alpha value is 0.0406. The molecule has 4 nitrogen and oxygen atoms in total. The molecule has 114 valence electrons. The van der Waals surface area contributed by atoms with E-state index >= 15 is 0 Å². The van der Waals surface area contributed by atoms with Crippen LogP contribution in [0.4, 0.5) is 0 Å².